The van der Waals surface area contributed by atoms with Crippen molar-refractivity contribution in [3.8, 4) is 0 Å². The first-order valence-electron chi connectivity index (χ1n) is 9.49. The number of imide groups is 1. The van der Waals surface area contributed by atoms with Crippen molar-refractivity contribution in [2.45, 2.75) is 32.2 Å². The van der Waals surface area contributed by atoms with E-state index in [-0.39, 0.29) is 23.7 Å². The number of anilines is 1. The SMILES string of the molecule is C[C@H]1CCC(=O)N(c2ccccc2[C@H]2CN(C)Cc3c(Cl)ccc(Cl)c32)C1=O. The lowest BCUT2D eigenvalue weighted by Crippen LogP contribution is -2.45. The van der Waals surface area contributed by atoms with Crippen LogP contribution >= 0.6 is 23.2 Å². The smallest absolute Gasteiger partial charge is 0.236 e. The molecule has 4 nitrogen and oxygen atoms in total. The Labute approximate surface area is 175 Å². The minimum atomic E-state index is -0.162. The van der Waals surface area contributed by atoms with Crippen LogP contribution in [0.25, 0.3) is 0 Å². The maximum Gasteiger partial charge on any atom is 0.236 e. The quantitative estimate of drug-likeness (QED) is 0.656. The number of benzene rings is 2. The number of hydrogen-bond acceptors (Lipinski definition) is 3. The standard InChI is InChI=1S/C22H22Cl2N2O2/c1-13-7-10-20(27)26(22(13)28)19-6-4-3-5-14(19)15-11-25(2)12-16-17(23)8-9-18(24)21(15)16/h3-6,8-9,13,15H,7,10-12H2,1-2H3/t13-,15+/m0/s1. The number of fused-ring (bicyclic) bond motifs is 1. The number of rotatable bonds is 2. The van der Waals surface area contributed by atoms with E-state index >= 15 is 0 Å². The molecular weight excluding hydrogens is 395 g/mol. The van der Waals surface area contributed by atoms with Gasteiger partial charge in [-0.25, -0.2) is 0 Å². The molecular formula is C22H22Cl2N2O2. The molecule has 0 bridgehead atoms. The van der Waals surface area contributed by atoms with Gasteiger partial charge in [0.15, 0.2) is 0 Å². The van der Waals surface area contributed by atoms with E-state index in [1.165, 1.54) is 4.90 Å². The first kappa shape index (κ1) is 19.4. The highest BCUT2D eigenvalue weighted by atomic mass is 35.5. The normalized spacial score (nSPS) is 23.1. The summed E-state index contributed by atoms with van der Waals surface area (Å²) < 4.78 is 0. The topological polar surface area (TPSA) is 40.6 Å². The average molecular weight is 417 g/mol. The molecule has 0 aromatic heterocycles. The van der Waals surface area contributed by atoms with Gasteiger partial charge in [0.25, 0.3) is 0 Å². The molecule has 1 saturated heterocycles. The predicted molar refractivity (Wildman–Crippen MR) is 112 cm³/mol. The van der Waals surface area contributed by atoms with Crippen LogP contribution in [0.2, 0.25) is 10.0 Å². The van der Waals surface area contributed by atoms with Gasteiger partial charge >= 0.3 is 0 Å². The maximum atomic E-state index is 12.8. The summed E-state index contributed by atoms with van der Waals surface area (Å²) in [5.41, 5.74) is 3.58. The molecule has 4 rings (SSSR count). The van der Waals surface area contributed by atoms with Crippen LogP contribution in [0, 0.1) is 5.92 Å². The van der Waals surface area contributed by atoms with Gasteiger partial charge in [-0.1, -0.05) is 48.3 Å². The summed E-state index contributed by atoms with van der Waals surface area (Å²) in [7, 11) is 2.04. The van der Waals surface area contributed by atoms with E-state index in [0.717, 1.165) is 23.2 Å². The molecule has 2 atom stereocenters. The lowest BCUT2D eigenvalue weighted by molar-refractivity contribution is -0.131. The zero-order valence-corrected chi connectivity index (χ0v) is 17.4. The second-order valence-electron chi connectivity index (χ2n) is 7.74. The molecule has 0 saturated carbocycles. The van der Waals surface area contributed by atoms with Crippen LogP contribution in [0.3, 0.4) is 0 Å². The molecule has 0 unspecified atom stereocenters. The van der Waals surface area contributed by atoms with E-state index < -0.39 is 0 Å². The third-order valence-electron chi connectivity index (χ3n) is 5.75. The van der Waals surface area contributed by atoms with Crippen LogP contribution in [0.4, 0.5) is 5.69 Å². The molecule has 2 aliphatic rings. The molecule has 6 heteroatoms. The fourth-order valence-corrected chi connectivity index (χ4v) is 4.83. The Kier molecular flexibility index (Phi) is 5.21. The van der Waals surface area contributed by atoms with Gasteiger partial charge in [0.2, 0.25) is 11.8 Å². The molecule has 2 aliphatic heterocycles. The van der Waals surface area contributed by atoms with Crippen molar-refractivity contribution < 1.29 is 9.59 Å². The van der Waals surface area contributed by atoms with Gasteiger partial charge in [0.1, 0.15) is 0 Å². The number of carbonyl (C=O) groups is 2. The van der Waals surface area contributed by atoms with Gasteiger partial charge in [-0.05, 0) is 48.4 Å². The molecule has 0 radical (unpaired) electrons. The minimum absolute atomic E-state index is 0.0750. The Balaban J connectivity index is 1.88. The van der Waals surface area contributed by atoms with E-state index in [2.05, 4.69) is 4.90 Å². The largest absolute Gasteiger partial charge is 0.301 e. The fraction of sp³-hybridized carbons (Fsp3) is 0.364. The summed E-state index contributed by atoms with van der Waals surface area (Å²) in [5.74, 6) is -0.513. The Morgan fingerprint density at radius 1 is 1.04 bits per heavy atom. The third-order valence-corrected chi connectivity index (χ3v) is 6.44. The molecule has 146 valence electrons. The molecule has 0 N–H and O–H groups in total. The van der Waals surface area contributed by atoms with Gasteiger partial charge in [-0.3, -0.25) is 14.5 Å². The molecule has 0 spiro atoms. The lowest BCUT2D eigenvalue weighted by Gasteiger charge is -2.37. The van der Waals surface area contributed by atoms with Gasteiger partial charge in [-0.15, -0.1) is 0 Å². The summed E-state index contributed by atoms with van der Waals surface area (Å²) in [5, 5.41) is 1.35. The molecule has 2 amide bonds. The van der Waals surface area contributed by atoms with Gasteiger partial charge < -0.3 is 4.90 Å². The fourth-order valence-electron chi connectivity index (χ4n) is 4.30. The highest BCUT2D eigenvalue weighted by molar-refractivity contribution is 6.34. The van der Waals surface area contributed by atoms with Crippen LogP contribution in [0.15, 0.2) is 36.4 Å². The van der Waals surface area contributed by atoms with E-state index in [9.17, 15) is 9.59 Å². The van der Waals surface area contributed by atoms with Crippen molar-refractivity contribution in [2.75, 3.05) is 18.5 Å². The van der Waals surface area contributed by atoms with Gasteiger partial charge in [0, 0.05) is 41.4 Å². The number of hydrogen-bond donors (Lipinski definition) is 0. The minimum Gasteiger partial charge on any atom is -0.301 e. The number of carbonyl (C=O) groups excluding carboxylic acids is 2. The van der Waals surface area contributed by atoms with Crippen LogP contribution < -0.4 is 4.90 Å². The van der Waals surface area contributed by atoms with Crippen molar-refractivity contribution in [2.24, 2.45) is 5.92 Å². The molecule has 2 heterocycles. The van der Waals surface area contributed by atoms with Crippen LogP contribution in [0.1, 0.15) is 42.4 Å². The van der Waals surface area contributed by atoms with E-state index in [1.54, 1.807) is 0 Å². The molecule has 28 heavy (non-hydrogen) atoms. The number of piperidine rings is 1. The molecule has 2 aromatic carbocycles. The molecule has 0 aliphatic carbocycles. The second-order valence-corrected chi connectivity index (χ2v) is 8.55. The predicted octanol–water partition coefficient (Wildman–Crippen LogP) is 4.86. The first-order chi connectivity index (χ1) is 13.4. The van der Waals surface area contributed by atoms with Crippen molar-refractivity contribution in [1.82, 2.24) is 4.90 Å². The molecule has 2 aromatic rings. The van der Waals surface area contributed by atoms with E-state index in [4.69, 9.17) is 23.2 Å². The molecule has 1 fully saturated rings. The van der Waals surface area contributed by atoms with Crippen molar-refractivity contribution in [3.63, 3.8) is 0 Å². The monoisotopic (exact) mass is 416 g/mol. The number of amides is 2. The summed E-state index contributed by atoms with van der Waals surface area (Å²) in [6, 6.07) is 11.3. The second kappa shape index (κ2) is 7.51. The average Bonchev–Trinajstić information content (AvgIpc) is 2.68. The summed E-state index contributed by atoms with van der Waals surface area (Å²) >= 11 is 13.1. The highest BCUT2D eigenvalue weighted by Gasteiger charge is 2.37. The summed E-state index contributed by atoms with van der Waals surface area (Å²) in [6.07, 6.45) is 0.988. The summed E-state index contributed by atoms with van der Waals surface area (Å²) in [4.78, 5) is 29.1. The van der Waals surface area contributed by atoms with Crippen LogP contribution in [-0.4, -0.2) is 30.3 Å². The Morgan fingerprint density at radius 3 is 2.54 bits per heavy atom. The number of halogens is 2. The number of nitrogens with zero attached hydrogens (tertiary/aromatic N) is 2. The Bertz CT molecular complexity index is 960. The third kappa shape index (κ3) is 3.24. The van der Waals surface area contributed by atoms with Crippen molar-refractivity contribution in [1.29, 1.82) is 0 Å². The number of likely N-dealkylation sites (N-methyl/N-ethyl adjacent to an activating group) is 1. The van der Waals surface area contributed by atoms with E-state index in [1.807, 2.05) is 50.4 Å². The Morgan fingerprint density at radius 2 is 1.75 bits per heavy atom. The lowest BCUT2D eigenvalue weighted by atomic mass is 9.83. The van der Waals surface area contributed by atoms with Crippen LogP contribution in [0.5, 0.6) is 0 Å². The summed E-state index contributed by atoms with van der Waals surface area (Å²) in [6.45, 7) is 3.33. The van der Waals surface area contributed by atoms with Gasteiger partial charge in [-0.2, -0.15) is 0 Å². The highest BCUT2D eigenvalue weighted by Crippen LogP contribution is 2.43. The van der Waals surface area contributed by atoms with Gasteiger partial charge in [0.05, 0.1) is 5.69 Å². The van der Waals surface area contributed by atoms with Crippen LogP contribution in [-0.2, 0) is 16.1 Å². The Hall–Kier alpha value is -1.88. The zero-order valence-electron chi connectivity index (χ0n) is 15.9. The first-order valence-corrected chi connectivity index (χ1v) is 10.2. The van der Waals surface area contributed by atoms with Crippen molar-refractivity contribution in [3.05, 3.63) is 63.1 Å². The van der Waals surface area contributed by atoms with E-state index in [0.29, 0.717) is 35.1 Å². The maximum absolute atomic E-state index is 12.8. The zero-order chi connectivity index (χ0) is 20.0. The van der Waals surface area contributed by atoms with Crippen molar-refractivity contribution >= 4 is 40.7 Å². The number of para-hydroxylation sites is 1.